The van der Waals surface area contributed by atoms with Crippen LogP contribution in [0, 0.1) is 11.8 Å². The molecule has 12 heavy (non-hydrogen) atoms. The van der Waals surface area contributed by atoms with Crippen molar-refractivity contribution in [2.45, 2.75) is 32.2 Å². The molecule has 2 aliphatic rings. The fourth-order valence-corrected chi connectivity index (χ4v) is 2.35. The molecule has 2 heteroatoms. The molecule has 1 aliphatic carbocycles. The summed E-state index contributed by atoms with van der Waals surface area (Å²) in [6.07, 6.45) is 2.76. The first kappa shape index (κ1) is 8.52. The van der Waals surface area contributed by atoms with Crippen LogP contribution in [0.5, 0.6) is 0 Å². The van der Waals surface area contributed by atoms with Crippen molar-refractivity contribution in [3.05, 3.63) is 0 Å². The first-order chi connectivity index (χ1) is 5.60. The van der Waals surface area contributed by atoms with Crippen molar-refractivity contribution >= 4 is 0 Å². The first-order valence-electron chi connectivity index (χ1n) is 5.11. The molecule has 0 aromatic rings. The lowest BCUT2D eigenvalue weighted by Crippen LogP contribution is -2.68. The van der Waals surface area contributed by atoms with Crippen LogP contribution in [0.2, 0.25) is 0 Å². The van der Waals surface area contributed by atoms with Crippen LogP contribution in [0.25, 0.3) is 0 Å². The van der Waals surface area contributed by atoms with Gasteiger partial charge in [-0.15, -0.1) is 0 Å². The van der Waals surface area contributed by atoms with Gasteiger partial charge in [-0.3, -0.25) is 4.90 Å². The topological polar surface area (TPSA) is 29.3 Å². The minimum absolute atomic E-state index is 0.217. The van der Waals surface area contributed by atoms with E-state index in [9.17, 15) is 0 Å². The van der Waals surface area contributed by atoms with Crippen LogP contribution >= 0.6 is 0 Å². The summed E-state index contributed by atoms with van der Waals surface area (Å²) in [6, 6.07) is 0. The van der Waals surface area contributed by atoms with Gasteiger partial charge in [0, 0.05) is 25.2 Å². The van der Waals surface area contributed by atoms with Gasteiger partial charge in [0.1, 0.15) is 0 Å². The summed E-state index contributed by atoms with van der Waals surface area (Å²) in [7, 11) is 0. The Hall–Kier alpha value is -0.0800. The Balaban J connectivity index is 1.75. The van der Waals surface area contributed by atoms with Gasteiger partial charge in [0.15, 0.2) is 0 Å². The average molecular weight is 168 g/mol. The predicted molar refractivity (Wildman–Crippen MR) is 50.9 cm³/mol. The third-order valence-electron chi connectivity index (χ3n) is 3.05. The van der Waals surface area contributed by atoms with E-state index in [4.69, 9.17) is 5.73 Å². The third kappa shape index (κ3) is 1.50. The lowest BCUT2D eigenvalue weighted by atomic mass is 9.85. The molecule has 1 heterocycles. The summed E-state index contributed by atoms with van der Waals surface area (Å²) >= 11 is 0. The van der Waals surface area contributed by atoms with Gasteiger partial charge in [0.2, 0.25) is 0 Å². The quantitative estimate of drug-likeness (QED) is 0.683. The van der Waals surface area contributed by atoms with E-state index >= 15 is 0 Å². The van der Waals surface area contributed by atoms with E-state index in [1.807, 2.05) is 0 Å². The Morgan fingerprint density at radius 1 is 1.42 bits per heavy atom. The van der Waals surface area contributed by atoms with Crippen LogP contribution in [0.4, 0.5) is 0 Å². The molecule has 0 aromatic carbocycles. The van der Waals surface area contributed by atoms with Gasteiger partial charge in [-0.05, 0) is 24.7 Å². The Bertz CT molecular complexity index is 167. The Labute approximate surface area is 75.1 Å². The van der Waals surface area contributed by atoms with Gasteiger partial charge in [-0.2, -0.15) is 0 Å². The normalized spacial score (nSPS) is 29.0. The summed E-state index contributed by atoms with van der Waals surface area (Å²) in [4.78, 5) is 2.49. The third-order valence-corrected chi connectivity index (χ3v) is 3.05. The second-order valence-corrected chi connectivity index (χ2v) is 5.07. The maximum absolute atomic E-state index is 6.23. The Morgan fingerprint density at radius 3 is 2.42 bits per heavy atom. The lowest BCUT2D eigenvalue weighted by Gasteiger charge is -2.49. The van der Waals surface area contributed by atoms with Gasteiger partial charge < -0.3 is 5.73 Å². The monoisotopic (exact) mass is 168 g/mol. The van der Waals surface area contributed by atoms with E-state index in [1.165, 1.54) is 19.4 Å². The Morgan fingerprint density at radius 2 is 2.00 bits per heavy atom. The molecule has 0 aromatic heterocycles. The van der Waals surface area contributed by atoms with E-state index in [0.717, 1.165) is 24.9 Å². The van der Waals surface area contributed by atoms with Crippen LogP contribution in [-0.4, -0.2) is 30.1 Å². The highest BCUT2D eigenvalue weighted by molar-refractivity contribution is 5.08. The number of likely N-dealkylation sites (tertiary alicyclic amines) is 1. The van der Waals surface area contributed by atoms with Crippen LogP contribution < -0.4 is 5.73 Å². The van der Waals surface area contributed by atoms with Crippen molar-refractivity contribution in [1.29, 1.82) is 0 Å². The van der Waals surface area contributed by atoms with Gasteiger partial charge in [0.25, 0.3) is 0 Å². The molecule has 0 atom stereocenters. The highest BCUT2D eigenvalue weighted by Crippen LogP contribution is 2.42. The zero-order valence-electron chi connectivity index (χ0n) is 8.21. The van der Waals surface area contributed by atoms with Crippen molar-refractivity contribution in [2.24, 2.45) is 17.6 Å². The van der Waals surface area contributed by atoms with Crippen molar-refractivity contribution in [3.63, 3.8) is 0 Å². The van der Waals surface area contributed by atoms with Gasteiger partial charge in [-0.25, -0.2) is 0 Å². The highest BCUT2D eigenvalue weighted by atomic mass is 15.3. The largest absolute Gasteiger partial charge is 0.323 e. The zero-order chi connectivity index (χ0) is 8.77. The number of hydrogen-bond acceptors (Lipinski definition) is 2. The maximum Gasteiger partial charge on any atom is 0.0440 e. The molecule has 1 aliphatic heterocycles. The van der Waals surface area contributed by atoms with E-state index < -0.39 is 0 Å². The highest BCUT2D eigenvalue weighted by Gasteiger charge is 2.49. The molecular formula is C10H20N2. The van der Waals surface area contributed by atoms with E-state index in [-0.39, 0.29) is 5.54 Å². The SMILES string of the molecule is CC(C)CN1CC(N)(C2CC2)C1. The molecule has 0 unspecified atom stereocenters. The molecule has 0 bridgehead atoms. The van der Waals surface area contributed by atoms with Crippen molar-refractivity contribution in [3.8, 4) is 0 Å². The zero-order valence-corrected chi connectivity index (χ0v) is 8.21. The molecule has 1 saturated carbocycles. The van der Waals surface area contributed by atoms with Gasteiger partial charge >= 0.3 is 0 Å². The molecular weight excluding hydrogens is 148 g/mol. The van der Waals surface area contributed by atoms with E-state index in [2.05, 4.69) is 18.7 Å². The van der Waals surface area contributed by atoms with Crippen LogP contribution in [0.1, 0.15) is 26.7 Å². The maximum atomic E-state index is 6.23. The molecule has 70 valence electrons. The molecule has 2 rings (SSSR count). The van der Waals surface area contributed by atoms with Gasteiger partial charge in [0.05, 0.1) is 0 Å². The Kier molecular flexibility index (Phi) is 1.92. The average Bonchev–Trinajstić information content (AvgIpc) is 2.62. The fraction of sp³-hybridized carbons (Fsp3) is 1.00. The smallest absolute Gasteiger partial charge is 0.0440 e. The van der Waals surface area contributed by atoms with Crippen molar-refractivity contribution in [2.75, 3.05) is 19.6 Å². The van der Waals surface area contributed by atoms with Crippen molar-refractivity contribution < 1.29 is 0 Å². The van der Waals surface area contributed by atoms with E-state index in [0.29, 0.717) is 0 Å². The minimum atomic E-state index is 0.217. The minimum Gasteiger partial charge on any atom is -0.323 e. The molecule has 2 N–H and O–H groups in total. The molecule has 0 spiro atoms. The first-order valence-corrected chi connectivity index (χ1v) is 5.11. The molecule has 0 radical (unpaired) electrons. The summed E-state index contributed by atoms with van der Waals surface area (Å²) in [5, 5.41) is 0. The molecule has 1 saturated heterocycles. The second-order valence-electron chi connectivity index (χ2n) is 5.07. The lowest BCUT2D eigenvalue weighted by molar-refractivity contribution is 0.0449. The van der Waals surface area contributed by atoms with Gasteiger partial charge in [-0.1, -0.05) is 13.8 Å². The van der Waals surface area contributed by atoms with E-state index in [1.54, 1.807) is 0 Å². The van der Waals surface area contributed by atoms with Crippen LogP contribution in [0.15, 0.2) is 0 Å². The fourth-order valence-electron chi connectivity index (χ4n) is 2.35. The number of nitrogens with zero attached hydrogens (tertiary/aromatic N) is 1. The summed E-state index contributed by atoms with van der Waals surface area (Å²) in [5.74, 6) is 1.65. The summed E-state index contributed by atoms with van der Waals surface area (Å²) < 4.78 is 0. The molecule has 2 fully saturated rings. The van der Waals surface area contributed by atoms with Crippen LogP contribution in [0.3, 0.4) is 0 Å². The predicted octanol–water partition coefficient (Wildman–Crippen LogP) is 1.07. The second kappa shape index (κ2) is 2.71. The van der Waals surface area contributed by atoms with Crippen molar-refractivity contribution in [1.82, 2.24) is 4.90 Å². The number of nitrogens with two attached hydrogens (primary N) is 1. The standard InChI is InChI=1S/C10H20N2/c1-8(2)5-12-6-10(11,7-12)9-3-4-9/h8-9H,3-7,11H2,1-2H3. The number of rotatable bonds is 3. The molecule has 2 nitrogen and oxygen atoms in total. The summed E-state index contributed by atoms with van der Waals surface area (Å²) in [6.45, 7) is 8.07. The van der Waals surface area contributed by atoms with Crippen LogP contribution in [-0.2, 0) is 0 Å². The number of hydrogen-bond donors (Lipinski definition) is 1. The molecule has 0 amide bonds. The summed E-state index contributed by atoms with van der Waals surface area (Å²) in [5.41, 5.74) is 6.45.